The number of sulfonamides is 1. The fraction of sp³-hybridized carbons (Fsp3) is 0.357. The molecule has 1 aromatic heterocycles. The Labute approximate surface area is 119 Å². The molecule has 0 unspecified atom stereocenters. The molecule has 2 aromatic rings. The standard InChI is InChI=1S/C14H19N3O2S/c1-2-10-20(18,19)16-8-9-17-12-14(11-15-17)13-6-4-3-5-7-13/h3-7,11-12,16H,2,8-10H2,1H3. The minimum Gasteiger partial charge on any atom is -0.271 e. The van der Waals surface area contributed by atoms with E-state index in [1.165, 1.54) is 0 Å². The molecule has 1 aromatic carbocycles. The summed E-state index contributed by atoms with van der Waals surface area (Å²) in [7, 11) is -3.14. The van der Waals surface area contributed by atoms with Crippen LogP contribution >= 0.6 is 0 Å². The van der Waals surface area contributed by atoms with Gasteiger partial charge in [-0.15, -0.1) is 0 Å². The van der Waals surface area contributed by atoms with Gasteiger partial charge in [-0.05, 0) is 12.0 Å². The fourth-order valence-corrected chi connectivity index (χ4v) is 3.01. The van der Waals surface area contributed by atoms with Crippen molar-refractivity contribution in [3.8, 4) is 11.1 Å². The van der Waals surface area contributed by atoms with Gasteiger partial charge in [-0.1, -0.05) is 37.3 Å². The zero-order valence-corrected chi connectivity index (χ0v) is 12.3. The van der Waals surface area contributed by atoms with Gasteiger partial charge in [0.05, 0.1) is 18.5 Å². The number of aromatic nitrogens is 2. The van der Waals surface area contributed by atoms with Gasteiger partial charge in [0.15, 0.2) is 0 Å². The molecule has 20 heavy (non-hydrogen) atoms. The molecule has 0 aliphatic heterocycles. The Bertz CT molecular complexity index is 635. The lowest BCUT2D eigenvalue weighted by atomic mass is 10.1. The third kappa shape index (κ3) is 4.18. The highest BCUT2D eigenvalue weighted by molar-refractivity contribution is 7.89. The van der Waals surface area contributed by atoms with Gasteiger partial charge in [-0.3, -0.25) is 4.68 Å². The Morgan fingerprint density at radius 1 is 1.20 bits per heavy atom. The smallest absolute Gasteiger partial charge is 0.211 e. The molecule has 0 atom stereocenters. The average Bonchev–Trinajstić information content (AvgIpc) is 2.88. The molecule has 108 valence electrons. The van der Waals surface area contributed by atoms with Crippen molar-refractivity contribution < 1.29 is 8.42 Å². The third-order valence-electron chi connectivity index (χ3n) is 2.88. The van der Waals surface area contributed by atoms with E-state index in [1.54, 1.807) is 10.9 Å². The van der Waals surface area contributed by atoms with Crippen LogP contribution in [0.1, 0.15) is 13.3 Å². The number of hydrogen-bond donors (Lipinski definition) is 1. The molecule has 0 aliphatic rings. The maximum Gasteiger partial charge on any atom is 0.211 e. The van der Waals surface area contributed by atoms with Crippen molar-refractivity contribution in [1.82, 2.24) is 14.5 Å². The Hall–Kier alpha value is -1.66. The van der Waals surface area contributed by atoms with E-state index in [9.17, 15) is 8.42 Å². The quantitative estimate of drug-likeness (QED) is 0.847. The molecule has 0 fully saturated rings. The molecule has 5 nitrogen and oxygen atoms in total. The van der Waals surface area contributed by atoms with Crippen molar-refractivity contribution in [2.75, 3.05) is 12.3 Å². The van der Waals surface area contributed by atoms with Crippen LogP contribution in [0.15, 0.2) is 42.7 Å². The van der Waals surface area contributed by atoms with Crippen molar-refractivity contribution in [1.29, 1.82) is 0 Å². The van der Waals surface area contributed by atoms with Crippen molar-refractivity contribution in [3.63, 3.8) is 0 Å². The molecule has 1 N–H and O–H groups in total. The van der Waals surface area contributed by atoms with E-state index in [-0.39, 0.29) is 5.75 Å². The predicted molar refractivity (Wildman–Crippen MR) is 79.7 cm³/mol. The SMILES string of the molecule is CCCS(=O)(=O)NCCn1cc(-c2ccccc2)cn1. The Balaban J connectivity index is 1.91. The average molecular weight is 293 g/mol. The van der Waals surface area contributed by atoms with Gasteiger partial charge in [-0.2, -0.15) is 5.10 Å². The number of nitrogens with one attached hydrogen (secondary N) is 1. The van der Waals surface area contributed by atoms with Crippen LogP contribution in [0, 0.1) is 0 Å². The fourth-order valence-electron chi connectivity index (χ4n) is 1.92. The Morgan fingerprint density at radius 2 is 1.95 bits per heavy atom. The summed E-state index contributed by atoms with van der Waals surface area (Å²) in [6.45, 7) is 2.73. The van der Waals surface area contributed by atoms with E-state index in [0.29, 0.717) is 19.5 Å². The van der Waals surface area contributed by atoms with Crippen molar-refractivity contribution in [2.24, 2.45) is 0 Å². The molecule has 0 spiro atoms. The summed E-state index contributed by atoms with van der Waals surface area (Å²) in [4.78, 5) is 0. The maximum absolute atomic E-state index is 11.5. The van der Waals surface area contributed by atoms with Crippen LogP contribution in [0.3, 0.4) is 0 Å². The van der Waals surface area contributed by atoms with Crippen LogP contribution in [0.4, 0.5) is 0 Å². The van der Waals surface area contributed by atoms with Gasteiger partial charge in [0, 0.05) is 18.3 Å². The second-order valence-electron chi connectivity index (χ2n) is 4.57. The van der Waals surface area contributed by atoms with E-state index < -0.39 is 10.0 Å². The highest BCUT2D eigenvalue weighted by Gasteiger charge is 2.07. The lowest BCUT2D eigenvalue weighted by molar-refractivity contribution is 0.560. The monoisotopic (exact) mass is 293 g/mol. The molecule has 0 bridgehead atoms. The largest absolute Gasteiger partial charge is 0.271 e. The molecule has 0 aliphatic carbocycles. The highest BCUT2D eigenvalue weighted by atomic mass is 32.2. The van der Waals surface area contributed by atoms with Gasteiger partial charge < -0.3 is 0 Å². The number of hydrogen-bond acceptors (Lipinski definition) is 3. The highest BCUT2D eigenvalue weighted by Crippen LogP contribution is 2.17. The summed E-state index contributed by atoms with van der Waals surface area (Å²) in [5.41, 5.74) is 2.13. The second kappa shape index (κ2) is 6.67. The van der Waals surface area contributed by atoms with Gasteiger partial charge in [0.2, 0.25) is 10.0 Å². The van der Waals surface area contributed by atoms with Crippen LogP contribution in [-0.4, -0.2) is 30.5 Å². The number of benzene rings is 1. The Morgan fingerprint density at radius 3 is 2.65 bits per heavy atom. The molecule has 2 rings (SSSR count). The van der Waals surface area contributed by atoms with Gasteiger partial charge in [-0.25, -0.2) is 13.1 Å². The molecule has 6 heteroatoms. The van der Waals surface area contributed by atoms with Gasteiger partial charge in [0.1, 0.15) is 0 Å². The molecule has 0 saturated heterocycles. The first-order valence-electron chi connectivity index (χ1n) is 6.66. The number of rotatable bonds is 7. The molecular weight excluding hydrogens is 274 g/mol. The van der Waals surface area contributed by atoms with E-state index >= 15 is 0 Å². The lowest BCUT2D eigenvalue weighted by Crippen LogP contribution is -2.29. The molecule has 0 saturated carbocycles. The lowest BCUT2D eigenvalue weighted by Gasteiger charge is -2.05. The van der Waals surface area contributed by atoms with Crippen molar-refractivity contribution in [2.45, 2.75) is 19.9 Å². The number of nitrogens with zero attached hydrogens (tertiary/aromatic N) is 2. The second-order valence-corrected chi connectivity index (χ2v) is 6.50. The minimum atomic E-state index is -3.14. The van der Waals surface area contributed by atoms with Crippen LogP contribution in [0.2, 0.25) is 0 Å². The zero-order chi connectivity index (χ0) is 14.4. The molecule has 1 heterocycles. The van der Waals surface area contributed by atoms with Crippen LogP contribution in [0.5, 0.6) is 0 Å². The predicted octanol–water partition coefficient (Wildman–Crippen LogP) is 1.88. The van der Waals surface area contributed by atoms with E-state index in [4.69, 9.17) is 0 Å². The first kappa shape index (κ1) is 14.7. The van der Waals surface area contributed by atoms with Crippen LogP contribution in [-0.2, 0) is 16.6 Å². The van der Waals surface area contributed by atoms with Crippen molar-refractivity contribution >= 4 is 10.0 Å². The van der Waals surface area contributed by atoms with E-state index in [0.717, 1.165) is 11.1 Å². The summed E-state index contributed by atoms with van der Waals surface area (Å²) in [5.74, 6) is 0.168. The summed E-state index contributed by atoms with van der Waals surface area (Å²) in [6, 6.07) is 9.96. The van der Waals surface area contributed by atoms with E-state index in [2.05, 4.69) is 9.82 Å². The summed E-state index contributed by atoms with van der Waals surface area (Å²) in [6.07, 6.45) is 4.33. The minimum absolute atomic E-state index is 0.168. The summed E-state index contributed by atoms with van der Waals surface area (Å²) < 4.78 is 27.3. The van der Waals surface area contributed by atoms with Gasteiger partial charge in [0.25, 0.3) is 0 Å². The molecule has 0 radical (unpaired) electrons. The van der Waals surface area contributed by atoms with Crippen molar-refractivity contribution in [3.05, 3.63) is 42.7 Å². The normalized spacial score (nSPS) is 11.7. The topological polar surface area (TPSA) is 64.0 Å². The van der Waals surface area contributed by atoms with E-state index in [1.807, 2.05) is 43.5 Å². The summed E-state index contributed by atoms with van der Waals surface area (Å²) >= 11 is 0. The first-order chi connectivity index (χ1) is 9.61. The maximum atomic E-state index is 11.5. The van der Waals surface area contributed by atoms with Gasteiger partial charge >= 0.3 is 0 Å². The van der Waals surface area contributed by atoms with Crippen LogP contribution < -0.4 is 4.72 Å². The molecular formula is C14H19N3O2S. The Kier molecular flexibility index (Phi) is 4.92. The summed E-state index contributed by atoms with van der Waals surface area (Å²) in [5, 5.41) is 4.24. The van der Waals surface area contributed by atoms with Crippen LogP contribution in [0.25, 0.3) is 11.1 Å². The third-order valence-corrected chi connectivity index (χ3v) is 4.47. The molecule has 0 amide bonds. The first-order valence-corrected chi connectivity index (χ1v) is 8.31. The zero-order valence-electron chi connectivity index (χ0n) is 11.5.